The Morgan fingerprint density at radius 1 is 1.30 bits per heavy atom. The molecule has 0 atom stereocenters. The average molecular weight is 264 g/mol. The van der Waals surface area contributed by atoms with Gasteiger partial charge in [0.05, 0.1) is 5.56 Å². The Balaban J connectivity index is 2.24. The second kappa shape index (κ2) is 4.93. The van der Waals surface area contributed by atoms with Crippen molar-refractivity contribution in [1.82, 2.24) is 9.97 Å². The average Bonchev–Trinajstić information content (AvgIpc) is 2.85. The first-order chi connectivity index (χ1) is 9.70. The zero-order valence-electron chi connectivity index (χ0n) is 11.6. The van der Waals surface area contributed by atoms with Gasteiger partial charge in [-0.3, -0.25) is 9.78 Å². The van der Waals surface area contributed by atoms with Gasteiger partial charge in [0.2, 0.25) is 0 Å². The highest BCUT2D eigenvalue weighted by Crippen LogP contribution is 2.26. The molecule has 0 aliphatic rings. The van der Waals surface area contributed by atoms with Gasteiger partial charge in [0.25, 0.3) is 0 Å². The molecule has 100 valence electrons. The smallest absolute Gasteiger partial charge is 0.197 e. The summed E-state index contributed by atoms with van der Waals surface area (Å²) in [4.78, 5) is 20.1. The number of rotatable bonds is 3. The number of hydrogen-bond acceptors (Lipinski definition) is 2. The molecule has 1 aromatic carbocycles. The van der Waals surface area contributed by atoms with Gasteiger partial charge >= 0.3 is 0 Å². The van der Waals surface area contributed by atoms with Crippen molar-refractivity contribution < 1.29 is 4.79 Å². The van der Waals surface area contributed by atoms with Gasteiger partial charge in [-0.1, -0.05) is 18.6 Å². The van der Waals surface area contributed by atoms with E-state index >= 15 is 0 Å². The summed E-state index contributed by atoms with van der Waals surface area (Å²) < 4.78 is 0. The first kappa shape index (κ1) is 12.6. The highest BCUT2D eigenvalue weighted by molar-refractivity contribution is 6.17. The van der Waals surface area contributed by atoms with E-state index in [1.807, 2.05) is 19.1 Å². The number of hydrogen-bond donors (Lipinski definition) is 1. The Labute approximate surface area is 117 Å². The number of aromatic amines is 1. The fraction of sp³-hybridized carbons (Fsp3) is 0.176. The molecule has 0 radical (unpaired) electrons. The molecule has 0 fully saturated rings. The number of aromatic nitrogens is 2. The number of nitrogens with zero attached hydrogens (tertiary/aromatic N) is 1. The third kappa shape index (κ3) is 2.01. The van der Waals surface area contributed by atoms with Crippen LogP contribution in [0, 0.1) is 6.92 Å². The van der Waals surface area contributed by atoms with Crippen molar-refractivity contribution in [2.24, 2.45) is 0 Å². The van der Waals surface area contributed by atoms with Crippen LogP contribution in [-0.2, 0) is 6.42 Å². The van der Waals surface area contributed by atoms with Gasteiger partial charge in [-0.15, -0.1) is 0 Å². The molecule has 0 aliphatic carbocycles. The van der Waals surface area contributed by atoms with Crippen LogP contribution < -0.4 is 0 Å². The molecule has 3 rings (SSSR count). The van der Waals surface area contributed by atoms with Crippen molar-refractivity contribution in [2.75, 3.05) is 0 Å². The predicted octanol–water partition coefficient (Wildman–Crippen LogP) is 3.66. The van der Waals surface area contributed by atoms with Crippen molar-refractivity contribution >= 4 is 16.7 Å². The third-order valence-corrected chi connectivity index (χ3v) is 3.54. The summed E-state index contributed by atoms with van der Waals surface area (Å²) in [5, 5.41) is 0.996. The molecular formula is C17H16N2O. The summed E-state index contributed by atoms with van der Waals surface area (Å²) in [5.74, 6) is 0.0341. The maximum Gasteiger partial charge on any atom is 0.197 e. The maximum atomic E-state index is 12.8. The normalized spacial score (nSPS) is 10.9. The molecule has 2 heterocycles. The molecule has 3 nitrogen and oxygen atoms in total. The fourth-order valence-electron chi connectivity index (χ4n) is 2.53. The number of carbonyl (C=O) groups excluding carboxylic acids is 1. The van der Waals surface area contributed by atoms with E-state index in [0.29, 0.717) is 5.56 Å². The summed E-state index contributed by atoms with van der Waals surface area (Å²) in [6.07, 6.45) is 4.10. The van der Waals surface area contributed by atoms with Crippen LogP contribution >= 0.6 is 0 Å². The molecule has 0 unspecified atom stereocenters. The highest BCUT2D eigenvalue weighted by atomic mass is 16.1. The van der Waals surface area contributed by atoms with Crippen LogP contribution in [0.25, 0.3) is 10.9 Å². The van der Waals surface area contributed by atoms with E-state index in [-0.39, 0.29) is 5.78 Å². The van der Waals surface area contributed by atoms with Crippen LogP contribution in [0.5, 0.6) is 0 Å². The Morgan fingerprint density at radius 2 is 2.15 bits per heavy atom. The van der Waals surface area contributed by atoms with Gasteiger partial charge in [0, 0.05) is 34.6 Å². The number of ketones is 1. The molecule has 0 saturated carbocycles. The number of pyridine rings is 1. The monoisotopic (exact) mass is 264 g/mol. The second-order valence-electron chi connectivity index (χ2n) is 4.95. The largest absolute Gasteiger partial charge is 0.358 e. The molecule has 0 spiro atoms. The molecule has 0 aliphatic heterocycles. The molecule has 3 aromatic rings. The van der Waals surface area contributed by atoms with Crippen LogP contribution in [0.4, 0.5) is 0 Å². The summed E-state index contributed by atoms with van der Waals surface area (Å²) in [7, 11) is 0. The summed E-state index contributed by atoms with van der Waals surface area (Å²) in [6, 6.07) is 9.75. The van der Waals surface area contributed by atoms with Gasteiger partial charge in [0.15, 0.2) is 5.78 Å². The topological polar surface area (TPSA) is 45.8 Å². The number of fused-ring (bicyclic) bond motifs is 1. The number of H-pyrrole nitrogens is 1. The molecule has 0 bridgehead atoms. The Bertz CT molecular complexity index is 772. The minimum atomic E-state index is 0.0341. The predicted molar refractivity (Wildman–Crippen MR) is 80.1 cm³/mol. The van der Waals surface area contributed by atoms with E-state index in [9.17, 15) is 4.79 Å². The van der Waals surface area contributed by atoms with Crippen molar-refractivity contribution in [3.8, 4) is 0 Å². The standard InChI is InChI=1S/C17H16N2O/c1-3-14-16(17(20)12-5-4-8-18-10-12)13-9-11(2)6-7-15(13)19-14/h4-10,19H,3H2,1-2H3. The number of benzene rings is 1. The van der Waals surface area contributed by atoms with Crippen molar-refractivity contribution in [3.63, 3.8) is 0 Å². The van der Waals surface area contributed by atoms with E-state index in [1.54, 1.807) is 18.5 Å². The second-order valence-corrected chi connectivity index (χ2v) is 4.95. The first-order valence-electron chi connectivity index (χ1n) is 6.76. The zero-order chi connectivity index (χ0) is 14.1. The number of nitrogens with one attached hydrogen (secondary N) is 1. The lowest BCUT2D eigenvalue weighted by Gasteiger charge is -2.02. The van der Waals surface area contributed by atoms with Crippen LogP contribution in [0.1, 0.15) is 34.1 Å². The van der Waals surface area contributed by atoms with Crippen molar-refractivity contribution in [3.05, 3.63) is 65.1 Å². The van der Waals surface area contributed by atoms with E-state index in [2.05, 4.69) is 29.0 Å². The van der Waals surface area contributed by atoms with Gasteiger partial charge in [-0.25, -0.2) is 0 Å². The summed E-state index contributed by atoms with van der Waals surface area (Å²) >= 11 is 0. The third-order valence-electron chi connectivity index (χ3n) is 3.54. The molecular weight excluding hydrogens is 248 g/mol. The van der Waals surface area contributed by atoms with Crippen LogP contribution in [0.15, 0.2) is 42.7 Å². The van der Waals surface area contributed by atoms with E-state index in [1.165, 1.54) is 0 Å². The molecule has 0 amide bonds. The van der Waals surface area contributed by atoms with E-state index < -0.39 is 0 Å². The zero-order valence-corrected chi connectivity index (χ0v) is 11.6. The van der Waals surface area contributed by atoms with Crippen molar-refractivity contribution in [2.45, 2.75) is 20.3 Å². The minimum absolute atomic E-state index is 0.0341. The molecule has 2 aromatic heterocycles. The molecule has 1 N–H and O–H groups in total. The van der Waals surface area contributed by atoms with Crippen molar-refractivity contribution in [1.29, 1.82) is 0 Å². The lowest BCUT2D eigenvalue weighted by Crippen LogP contribution is -2.04. The van der Waals surface area contributed by atoms with Crippen LogP contribution in [-0.4, -0.2) is 15.8 Å². The lowest BCUT2D eigenvalue weighted by atomic mass is 9.99. The number of carbonyl (C=O) groups is 1. The van der Waals surface area contributed by atoms with Crippen LogP contribution in [0.2, 0.25) is 0 Å². The van der Waals surface area contributed by atoms with Crippen LogP contribution in [0.3, 0.4) is 0 Å². The Kier molecular flexibility index (Phi) is 3.11. The highest BCUT2D eigenvalue weighted by Gasteiger charge is 2.19. The minimum Gasteiger partial charge on any atom is -0.358 e. The summed E-state index contributed by atoms with van der Waals surface area (Å²) in [6.45, 7) is 4.09. The van der Waals surface area contributed by atoms with E-state index in [4.69, 9.17) is 0 Å². The van der Waals surface area contributed by atoms with Gasteiger partial charge in [0.1, 0.15) is 0 Å². The quantitative estimate of drug-likeness (QED) is 0.734. The van der Waals surface area contributed by atoms with Gasteiger partial charge < -0.3 is 4.98 Å². The van der Waals surface area contributed by atoms with Gasteiger partial charge in [-0.2, -0.15) is 0 Å². The maximum absolute atomic E-state index is 12.8. The Hall–Kier alpha value is -2.42. The molecule has 3 heteroatoms. The van der Waals surface area contributed by atoms with Gasteiger partial charge in [-0.05, 0) is 37.6 Å². The molecule has 0 saturated heterocycles. The SMILES string of the molecule is CCc1[nH]c2ccc(C)cc2c1C(=O)c1cccnc1. The first-order valence-corrected chi connectivity index (χ1v) is 6.76. The molecule has 20 heavy (non-hydrogen) atoms. The van der Waals surface area contributed by atoms with E-state index in [0.717, 1.165) is 34.1 Å². The lowest BCUT2D eigenvalue weighted by molar-refractivity contribution is 0.103. The summed E-state index contributed by atoms with van der Waals surface area (Å²) in [5.41, 5.74) is 4.56. The fourth-order valence-corrected chi connectivity index (χ4v) is 2.53. The Morgan fingerprint density at radius 3 is 2.85 bits per heavy atom. The number of aryl methyl sites for hydroxylation is 2.